The van der Waals surface area contributed by atoms with Gasteiger partial charge in [0.05, 0.1) is 16.8 Å². The fourth-order valence-electron chi connectivity index (χ4n) is 3.54. The molecule has 0 bridgehead atoms. The van der Waals surface area contributed by atoms with Crippen LogP contribution in [-0.2, 0) is 16.1 Å². The summed E-state index contributed by atoms with van der Waals surface area (Å²) in [5, 5.41) is 6.87. The van der Waals surface area contributed by atoms with Gasteiger partial charge in [0, 0.05) is 6.04 Å². The fraction of sp³-hybridized carbons (Fsp3) is 0.500. The lowest BCUT2D eigenvalue weighted by Crippen LogP contribution is -2.42. The number of benzene rings is 1. The van der Waals surface area contributed by atoms with Crippen molar-refractivity contribution in [2.45, 2.75) is 59.1 Å². The molecule has 0 radical (unpaired) electrons. The second kappa shape index (κ2) is 9.58. The molecule has 1 saturated carbocycles. The van der Waals surface area contributed by atoms with E-state index in [1.165, 1.54) is 6.42 Å². The smallest absolute Gasteiger partial charge is 0.338 e. The molecule has 29 heavy (non-hydrogen) atoms. The number of carbonyl (C=O) groups is 2. The van der Waals surface area contributed by atoms with Crippen LogP contribution in [0.25, 0.3) is 0 Å². The van der Waals surface area contributed by atoms with Crippen LogP contribution in [0.15, 0.2) is 28.8 Å². The van der Waals surface area contributed by atoms with Gasteiger partial charge in [-0.15, -0.1) is 0 Å². The quantitative estimate of drug-likeness (QED) is 0.713. The van der Waals surface area contributed by atoms with E-state index in [-0.39, 0.29) is 18.6 Å². The van der Waals surface area contributed by atoms with Gasteiger partial charge in [0.15, 0.2) is 6.61 Å². The Hall–Kier alpha value is -2.83. The Bertz CT molecular complexity index is 824. The Labute approximate surface area is 170 Å². The molecule has 1 aromatic carbocycles. The monoisotopic (exact) mass is 400 g/mol. The molecule has 1 aliphatic rings. The third-order valence-corrected chi connectivity index (χ3v) is 5.45. The highest BCUT2D eigenvalue weighted by Crippen LogP contribution is 2.23. The number of aryl methyl sites for hydroxylation is 2. The molecule has 2 aromatic rings. The lowest BCUT2D eigenvalue weighted by Gasteiger charge is -2.29. The SMILES string of the molecule is Cc1noc(C)c1COc1ccc(C(=O)OCC(=O)N[C@H]2CCCC[C@H]2C)cc1. The Balaban J connectivity index is 1.45. The standard InChI is InChI=1S/C22H28N2O5/c1-14-6-4-5-7-20(14)23-21(25)13-28-22(26)17-8-10-18(11-9-17)27-12-19-15(2)24-29-16(19)3/h8-11,14,20H,4-7,12-13H2,1-3H3,(H,23,25)/t14-,20+/m1/s1. The average Bonchev–Trinajstić information content (AvgIpc) is 3.04. The molecular weight excluding hydrogens is 372 g/mol. The number of hydrogen-bond donors (Lipinski definition) is 1. The minimum absolute atomic E-state index is 0.170. The van der Waals surface area contributed by atoms with E-state index in [4.69, 9.17) is 14.0 Å². The van der Waals surface area contributed by atoms with E-state index in [2.05, 4.69) is 17.4 Å². The van der Waals surface area contributed by atoms with Gasteiger partial charge in [-0.25, -0.2) is 4.79 Å². The molecule has 0 spiro atoms. The zero-order chi connectivity index (χ0) is 20.8. The van der Waals surface area contributed by atoms with Crippen molar-refractivity contribution in [3.8, 4) is 5.75 Å². The lowest BCUT2D eigenvalue weighted by atomic mass is 9.86. The van der Waals surface area contributed by atoms with Crippen molar-refractivity contribution < 1.29 is 23.6 Å². The van der Waals surface area contributed by atoms with E-state index in [1.807, 2.05) is 13.8 Å². The molecule has 1 heterocycles. The summed E-state index contributed by atoms with van der Waals surface area (Å²) in [5.74, 6) is 1.01. The number of carbonyl (C=O) groups excluding carboxylic acids is 2. The minimum atomic E-state index is -0.533. The number of ether oxygens (including phenoxy) is 2. The van der Waals surface area contributed by atoms with E-state index in [9.17, 15) is 9.59 Å². The van der Waals surface area contributed by atoms with Crippen LogP contribution in [0, 0.1) is 19.8 Å². The summed E-state index contributed by atoms with van der Waals surface area (Å²) in [6, 6.07) is 6.79. The lowest BCUT2D eigenvalue weighted by molar-refractivity contribution is -0.125. The first-order valence-electron chi connectivity index (χ1n) is 10.0. The van der Waals surface area contributed by atoms with Crippen molar-refractivity contribution in [1.82, 2.24) is 10.5 Å². The Kier molecular flexibility index (Phi) is 6.90. The van der Waals surface area contributed by atoms with Crippen LogP contribution in [0.4, 0.5) is 0 Å². The first-order chi connectivity index (χ1) is 13.9. The second-order valence-corrected chi connectivity index (χ2v) is 7.63. The Morgan fingerprint density at radius 1 is 1.17 bits per heavy atom. The summed E-state index contributed by atoms with van der Waals surface area (Å²) in [4.78, 5) is 24.3. The fourth-order valence-corrected chi connectivity index (χ4v) is 3.54. The number of esters is 1. The van der Waals surface area contributed by atoms with Gasteiger partial charge in [-0.05, 0) is 56.9 Å². The number of amides is 1. The van der Waals surface area contributed by atoms with E-state index in [0.29, 0.717) is 23.8 Å². The maximum absolute atomic E-state index is 12.2. The average molecular weight is 400 g/mol. The van der Waals surface area contributed by atoms with Crippen LogP contribution >= 0.6 is 0 Å². The highest BCUT2D eigenvalue weighted by Gasteiger charge is 2.23. The second-order valence-electron chi connectivity index (χ2n) is 7.63. The molecule has 1 aliphatic carbocycles. The van der Waals surface area contributed by atoms with Crippen LogP contribution in [0.1, 0.15) is 60.0 Å². The first-order valence-corrected chi connectivity index (χ1v) is 10.0. The summed E-state index contributed by atoms with van der Waals surface area (Å²) in [6.45, 7) is 5.91. The largest absolute Gasteiger partial charge is 0.489 e. The maximum Gasteiger partial charge on any atom is 0.338 e. The minimum Gasteiger partial charge on any atom is -0.489 e. The third kappa shape index (κ3) is 5.59. The van der Waals surface area contributed by atoms with Crippen molar-refractivity contribution in [3.63, 3.8) is 0 Å². The maximum atomic E-state index is 12.2. The topological polar surface area (TPSA) is 90.7 Å². The van der Waals surface area contributed by atoms with Gasteiger partial charge < -0.3 is 19.3 Å². The first kappa shape index (κ1) is 20.9. The number of rotatable bonds is 7. The van der Waals surface area contributed by atoms with Gasteiger partial charge in [-0.2, -0.15) is 0 Å². The Morgan fingerprint density at radius 2 is 1.90 bits per heavy atom. The molecule has 1 N–H and O–H groups in total. The van der Waals surface area contributed by atoms with Crippen LogP contribution in [0.3, 0.4) is 0 Å². The zero-order valence-electron chi connectivity index (χ0n) is 17.2. The van der Waals surface area contributed by atoms with Gasteiger partial charge in [0.1, 0.15) is 18.1 Å². The molecule has 7 nitrogen and oxygen atoms in total. The number of hydrogen-bond acceptors (Lipinski definition) is 6. The van der Waals surface area contributed by atoms with E-state index >= 15 is 0 Å². The molecule has 156 valence electrons. The molecule has 1 aromatic heterocycles. The van der Waals surface area contributed by atoms with E-state index < -0.39 is 5.97 Å². The van der Waals surface area contributed by atoms with Gasteiger partial charge in [0.25, 0.3) is 5.91 Å². The molecule has 1 amide bonds. The van der Waals surface area contributed by atoms with Crippen LogP contribution < -0.4 is 10.1 Å². The molecule has 1 fully saturated rings. The predicted molar refractivity (Wildman–Crippen MR) is 107 cm³/mol. The van der Waals surface area contributed by atoms with Crippen LogP contribution in [0.2, 0.25) is 0 Å². The molecular formula is C22H28N2O5. The van der Waals surface area contributed by atoms with Crippen LogP contribution in [0.5, 0.6) is 5.75 Å². The summed E-state index contributed by atoms with van der Waals surface area (Å²) in [7, 11) is 0. The van der Waals surface area contributed by atoms with Crippen molar-refractivity contribution in [2.24, 2.45) is 5.92 Å². The van der Waals surface area contributed by atoms with Gasteiger partial charge in [0.2, 0.25) is 0 Å². The van der Waals surface area contributed by atoms with Crippen molar-refractivity contribution in [2.75, 3.05) is 6.61 Å². The number of nitrogens with zero attached hydrogens (tertiary/aromatic N) is 1. The molecule has 3 rings (SSSR count). The number of nitrogens with one attached hydrogen (secondary N) is 1. The molecule has 2 atom stereocenters. The van der Waals surface area contributed by atoms with Crippen molar-refractivity contribution in [3.05, 3.63) is 46.8 Å². The van der Waals surface area contributed by atoms with Gasteiger partial charge >= 0.3 is 5.97 Å². The van der Waals surface area contributed by atoms with E-state index in [1.54, 1.807) is 24.3 Å². The summed E-state index contributed by atoms with van der Waals surface area (Å²) >= 11 is 0. The highest BCUT2D eigenvalue weighted by molar-refractivity contribution is 5.91. The highest BCUT2D eigenvalue weighted by atomic mass is 16.5. The normalized spacial score (nSPS) is 18.9. The predicted octanol–water partition coefficient (Wildman–Crippen LogP) is 3.72. The van der Waals surface area contributed by atoms with E-state index in [0.717, 1.165) is 36.3 Å². The summed E-state index contributed by atoms with van der Waals surface area (Å²) in [6.07, 6.45) is 4.44. The summed E-state index contributed by atoms with van der Waals surface area (Å²) in [5.41, 5.74) is 2.07. The van der Waals surface area contributed by atoms with Gasteiger partial charge in [-0.1, -0.05) is 24.9 Å². The molecule has 7 heteroatoms. The molecule has 0 saturated heterocycles. The molecule has 0 unspecified atom stereocenters. The third-order valence-electron chi connectivity index (χ3n) is 5.45. The number of aromatic nitrogens is 1. The van der Waals surface area contributed by atoms with Crippen molar-refractivity contribution >= 4 is 11.9 Å². The van der Waals surface area contributed by atoms with Gasteiger partial charge in [-0.3, -0.25) is 4.79 Å². The molecule has 0 aliphatic heterocycles. The van der Waals surface area contributed by atoms with Crippen molar-refractivity contribution in [1.29, 1.82) is 0 Å². The Morgan fingerprint density at radius 3 is 2.55 bits per heavy atom. The zero-order valence-corrected chi connectivity index (χ0v) is 17.2. The summed E-state index contributed by atoms with van der Waals surface area (Å²) < 4.78 is 16.0. The van der Waals surface area contributed by atoms with Crippen LogP contribution in [-0.4, -0.2) is 29.7 Å².